The standard InChI is InChI=1S/C19H24N6O/c1-14(13-25-9-4-8-20-25)21-18-15-6-10-24(2)11-7-16(15)22-19(23-18)17-5-3-12-26-17/h3-5,8-9,12,14H,6-7,10-11,13H2,1-2H3,(H,21,22,23). The van der Waals surface area contributed by atoms with Gasteiger partial charge in [-0.25, -0.2) is 9.97 Å². The van der Waals surface area contributed by atoms with Crippen molar-refractivity contribution < 1.29 is 4.42 Å². The van der Waals surface area contributed by atoms with Crippen molar-refractivity contribution in [1.82, 2.24) is 24.6 Å². The Morgan fingerprint density at radius 3 is 2.88 bits per heavy atom. The molecule has 0 spiro atoms. The second-order valence-corrected chi connectivity index (χ2v) is 6.88. The van der Waals surface area contributed by atoms with E-state index in [9.17, 15) is 0 Å². The fourth-order valence-corrected chi connectivity index (χ4v) is 3.31. The molecule has 0 saturated heterocycles. The second kappa shape index (κ2) is 7.29. The van der Waals surface area contributed by atoms with Gasteiger partial charge in [-0.3, -0.25) is 4.68 Å². The van der Waals surface area contributed by atoms with Crippen LogP contribution in [0.5, 0.6) is 0 Å². The minimum Gasteiger partial charge on any atom is -0.461 e. The fourth-order valence-electron chi connectivity index (χ4n) is 3.31. The van der Waals surface area contributed by atoms with Crippen molar-refractivity contribution in [3.63, 3.8) is 0 Å². The van der Waals surface area contributed by atoms with Gasteiger partial charge in [0.15, 0.2) is 11.6 Å². The van der Waals surface area contributed by atoms with Crippen LogP contribution in [0.1, 0.15) is 18.2 Å². The lowest BCUT2D eigenvalue weighted by Crippen LogP contribution is -2.24. The Kier molecular flexibility index (Phi) is 4.71. The molecule has 0 bridgehead atoms. The molecule has 0 aromatic carbocycles. The van der Waals surface area contributed by atoms with E-state index in [1.54, 1.807) is 12.5 Å². The van der Waals surface area contributed by atoms with Gasteiger partial charge in [-0.15, -0.1) is 0 Å². The third-order valence-corrected chi connectivity index (χ3v) is 4.71. The third kappa shape index (κ3) is 3.62. The third-order valence-electron chi connectivity index (χ3n) is 4.71. The molecule has 136 valence electrons. The summed E-state index contributed by atoms with van der Waals surface area (Å²) < 4.78 is 7.46. The molecule has 4 rings (SSSR count). The minimum atomic E-state index is 0.194. The molecule has 3 aromatic rings. The summed E-state index contributed by atoms with van der Waals surface area (Å²) in [5, 5.41) is 7.87. The summed E-state index contributed by atoms with van der Waals surface area (Å²) in [6.45, 7) is 4.94. The van der Waals surface area contributed by atoms with Gasteiger partial charge in [0.25, 0.3) is 0 Å². The minimum absolute atomic E-state index is 0.194. The zero-order chi connectivity index (χ0) is 17.9. The van der Waals surface area contributed by atoms with Crippen LogP contribution in [0.25, 0.3) is 11.6 Å². The molecule has 1 aliphatic heterocycles. The summed E-state index contributed by atoms with van der Waals surface area (Å²) in [4.78, 5) is 11.9. The van der Waals surface area contributed by atoms with Gasteiger partial charge in [0.05, 0.1) is 18.5 Å². The molecule has 1 N–H and O–H groups in total. The lowest BCUT2D eigenvalue weighted by atomic mass is 10.1. The summed E-state index contributed by atoms with van der Waals surface area (Å²) in [6.07, 6.45) is 7.30. The van der Waals surface area contributed by atoms with E-state index in [0.717, 1.165) is 44.0 Å². The maximum Gasteiger partial charge on any atom is 0.197 e. The molecular formula is C19H24N6O. The fraction of sp³-hybridized carbons (Fsp3) is 0.421. The van der Waals surface area contributed by atoms with Crippen molar-refractivity contribution in [2.45, 2.75) is 32.4 Å². The number of nitrogens with one attached hydrogen (secondary N) is 1. The Hall–Kier alpha value is -2.67. The lowest BCUT2D eigenvalue weighted by molar-refractivity contribution is 0.352. The summed E-state index contributed by atoms with van der Waals surface area (Å²) in [6, 6.07) is 5.90. The molecule has 0 fully saturated rings. The number of furan rings is 1. The first-order valence-corrected chi connectivity index (χ1v) is 9.05. The van der Waals surface area contributed by atoms with E-state index < -0.39 is 0 Å². The van der Waals surface area contributed by atoms with Crippen LogP contribution in [-0.4, -0.2) is 50.8 Å². The van der Waals surface area contributed by atoms with Crippen LogP contribution in [0.15, 0.2) is 41.3 Å². The number of hydrogen-bond acceptors (Lipinski definition) is 6. The van der Waals surface area contributed by atoms with Gasteiger partial charge in [-0.2, -0.15) is 5.10 Å². The van der Waals surface area contributed by atoms with Gasteiger partial charge in [0.2, 0.25) is 0 Å². The van der Waals surface area contributed by atoms with Crippen LogP contribution in [0.3, 0.4) is 0 Å². The van der Waals surface area contributed by atoms with E-state index in [4.69, 9.17) is 14.4 Å². The number of hydrogen-bond donors (Lipinski definition) is 1. The number of aromatic nitrogens is 4. The highest BCUT2D eigenvalue weighted by atomic mass is 16.3. The maximum absolute atomic E-state index is 5.53. The molecule has 3 aromatic heterocycles. The highest BCUT2D eigenvalue weighted by Gasteiger charge is 2.21. The number of anilines is 1. The van der Waals surface area contributed by atoms with Gasteiger partial charge in [-0.05, 0) is 38.6 Å². The van der Waals surface area contributed by atoms with Gasteiger partial charge in [-0.1, -0.05) is 0 Å². The Morgan fingerprint density at radius 2 is 2.12 bits per heavy atom. The van der Waals surface area contributed by atoms with Crippen molar-refractivity contribution in [2.24, 2.45) is 0 Å². The topological polar surface area (TPSA) is 72.0 Å². The molecule has 26 heavy (non-hydrogen) atoms. The van der Waals surface area contributed by atoms with E-state index in [1.165, 1.54) is 5.56 Å². The summed E-state index contributed by atoms with van der Waals surface area (Å²) in [5.74, 6) is 2.26. The van der Waals surface area contributed by atoms with Gasteiger partial charge in [0.1, 0.15) is 5.82 Å². The second-order valence-electron chi connectivity index (χ2n) is 6.88. The van der Waals surface area contributed by atoms with Crippen LogP contribution in [0.4, 0.5) is 5.82 Å². The number of rotatable bonds is 5. The lowest BCUT2D eigenvalue weighted by Gasteiger charge is -2.19. The van der Waals surface area contributed by atoms with Crippen LogP contribution < -0.4 is 5.32 Å². The molecule has 1 atom stereocenters. The molecular weight excluding hydrogens is 328 g/mol. The summed E-state index contributed by atoms with van der Waals surface area (Å²) in [5.41, 5.74) is 2.33. The zero-order valence-electron chi connectivity index (χ0n) is 15.2. The first kappa shape index (κ1) is 16.8. The number of nitrogens with zero attached hydrogens (tertiary/aromatic N) is 5. The van der Waals surface area contributed by atoms with E-state index in [-0.39, 0.29) is 6.04 Å². The normalized spacial score (nSPS) is 16.1. The highest BCUT2D eigenvalue weighted by molar-refractivity contribution is 5.56. The molecule has 7 nitrogen and oxygen atoms in total. The number of likely N-dealkylation sites (N-methyl/N-ethyl adjacent to an activating group) is 1. The molecule has 7 heteroatoms. The summed E-state index contributed by atoms with van der Waals surface area (Å²) >= 11 is 0. The van der Waals surface area contributed by atoms with Crippen molar-refractivity contribution in [3.8, 4) is 11.6 Å². The average molecular weight is 352 g/mol. The molecule has 0 aliphatic carbocycles. The van der Waals surface area contributed by atoms with Crippen LogP contribution in [-0.2, 0) is 19.4 Å². The van der Waals surface area contributed by atoms with Crippen LogP contribution in [0, 0.1) is 0 Å². The van der Waals surface area contributed by atoms with Crippen molar-refractivity contribution in [2.75, 3.05) is 25.5 Å². The van der Waals surface area contributed by atoms with Crippen LogP contribution >= 0.6 is 0 Å². The Bertz CT molecular complexity index is 843. The smallest absolute Gasteiger partial charge is 0.197 e. The molecule has 1 aliphatic rings. The Labute approximate surface area is 153 Å². The molecule has 0 amide bonds. The maximum atomic E-state index is 5.53. The van der Waals surface area contributed by atoms with Crippen molar-refractivity contribution >= 4 is 5.82 Å². The van der Waals surface area contributed by atoms with Gasteiger partial charge in [0, 0.05) is 43.5 Å². The molecule has 0 radical (unpaired) electrons. The van der Waals surface area contributed by atoms with Gasteiger partial charge < -0.3 is 14.6 Å². The molecule has 4 heterocycles. The van der Waals surface area contributed by atoms with Crippen molar-refractivity contribution in [3.05, 3.63) is 48.1 Å². The van der Waals surface area contributed by atoms with E-state index in [2.05, 4.69) is 29.3 Å². The predicted molar refractivity (Wildman–Crippen MR) is 100.0 cm³/mol. The van der Waals surface area contributed by atoms with Gasteiger partial charge >= 0.3 is 0 Å². The van der Waals surface area contributed by atoms with Crippen LogP contribution in [0.2, 0.25) is 0 Å². The monoisotopic (exact) mass is 352 g/mol. The zero-order valence-corrected chi connectivity index (χ0v) is 15.2. The van der Waals surface area contributed by atoms with Crippen molar-refractivity contribution in [1.29, 1.82) is 0 Å². The average Bonchev–Trinajstić information content (AvgIpc) is 3.29. The Morgan fingerprint density at radius 1 is 1.23 bits per heavy atom. The highest BCUT2D eigenvalue weighted by Crippen LogP contribution is 2.26. The quantitative estimate of drug-likeness (QED) is 0.760. The summed E-state index contributed by atoms with van der Waals surface area (Å²) in [7, 11) is 2.15. The number of fused-ring (bicyclic) bond motifs is 1. The predicted octanol–water partition coefficient (Wildman–Crippen LogP) is 2.46. The Balaban J connectivity index is 1.66. The molecule has 1 unspecified atom stereocenters. The van der Waals surface area contributed by atoms with E-state index in [1.807, 2.05) is 29.1 Å². The SMILES string of the molecule is CC(Cn1cccn1)Nc1nc(-c2ccco2)nc2c1CCN(C)CC2. The van der Waals surface area contributed by atoms with E-state index in [0.29, 0.717) is 11.6 Å². The first-order chi connectivity index (χ1) is 12.7. The first-order valence-electron chi connectivity index (χ1n) is 9.05. The molecule has 0 saturated carbocycles. The van der Waals surface area contributed by atoms with E-state index >= 15 is 0 Å². The largest absolute Gasteiger partial charge is 0.461 e.